The van der Waals surface area contributed by atoms with Crippen LogP contribution in [0.3, 0.4) is 0 Å². The van der Waals surface area contributed by atoms with E-state index >= 15 is 0 Å². The molecule has 1 aliphatic rings. The molecule has 82 valence electrons. The van der Waals surface area contributed by atoms with Gasteiger partial charge in [-0.15, -0.1) is 11.8 Å². The smallest absolute Gasteiger partial charge is 0.230 e. The first kappa shape index (κ1) is 11.9. The summed E-state index contributed by atoms with van der Waals surface area (Å²) in [5.74, 6) is 0.735. The van der Waals surface area contributed by atoms with Crippen LogP contribution in [-0.2, 0) is 4.79 Å². The van der Waals surface area contributed by atoms with Gasteiger partial charge >= 0.3 is 0 Å². The van der Waals surface area contributed by atoms with E-state index in [2.05, 4.69) is 31.4 Å². The van der Waals surface area contributed by atoms with Gasteiger partial charge in [0.25, 0.3) is 0 Å². The van der Waals surface area contributed by atoms with E-state index in [1.807, 2.05) is 0 Å². The summed E-state index contributed by atoms with van der Waals surface area (Å²) in [6.07, 6.45) is 1.06. The lowest BCUT2D eigenvalue weighted by molar-refractivity contribution is -0.119. The predicted molar refractivity (Wildman–Crippen MR) is 61.6 cm³/mol. The molecule has 1 rings (SSSR count). The number of nitrogens with one attached hydrogen (secondary N) is 2. The Hall–Kier alpha value is -0.220. The van der Waals surface area contributed by atoms with Crippen LogP contribution in [0.1, 0.15) is 27.2 Å². The maximum Gasteiger partial charge on any atom is 0.230 e. The fourth-order valence-electron chi connectivity index (χ4n) is 1.33. The van der Waals surface area contributed by atoms with E-state index < -0.39 is 0 Å². The highest BCUT2D eigenvalue weighted by atomic mass is 32.2. The van der Waals surface area contributed by atoms with Crippen LogP contribution in [-0.4, -0.2) is 35.5 Å². The molecule has 0 aliphatic carbocycles. The fourth-order valence-corrected chi connectivity index (χ4v) is 1.98. The van der Waals surface area contributed by atoms with Crippen molar-refractivity contribution >= 4 is 17.7 Å². The van der Waals surface area contributed by atoms with Crippen LogP contribution < -0.4 is 10.6 Å². The third-order valence-corrected chi connectivity index (χ3v) is 3.33. The van der Waals surface area contributed by atoms with Crippen LogP contribution in [0.15, 0.2) is 0 Å². The Bertz CT molecular complexity index is 195. The Morgan fingerprint density at radius 1 is 1.57 bits per heavy atom. The summed E-state index contributed by atoms with van der Waals surface area (Å²) in [5, 5.41) is 6.26. The van der Waals surface area contributed by atoms with E-state index in [9.17, 15) is 4.79 Å². The SMILES string of the molecule is CC(C)(C)SCC(=O)N[C@@H]1CCNC1. The van der Waals surface area contributed by atoms with Crippen LogP contribution in [0.2, 0.25) is 0 Å². The zero-order valence-electron chi connectivity index (χ0n) is 9.22. The Balaban J connectivity index is 2.15. The number of thioether (sulfide) groups is 1. The summed E-state index contributed by atoms with van der Waals surface area (Å²) in [6.45, 7) is 8.33. The van der Waals surface area contributed by atoms with Gasteiger partial charge < -0.3 is 10.6 Å². The molecule has 0 aromatic rings. The van der Waals surface area contributed by atoms with Gasteiger partial charge in [0, 0.05) is 17.3 Å². The van der Waals surface area contributed by atoms with Crippen LogP contribution in [0.4, 0.5) is 0 Å². The molecule has 1 heterocycles. The lowest BCUT2D eigenvalue weighted by atomic mass is 10.2. The van der Waals surface area contributed by atoms with Crippen LogP contribution in [0.5, 0.6) is 0 Å². The van der Waals surface area contributed by atoms with Crippen molar-refractivity contribution in [2.45, 2.75) is 38.0 Å². The molecule has 0 unspecified atom stereocenters. The van der Waals surface area contributed by atoms with Crippen molar-refractivity contribution in [2.75, 3.05) is 18.8 Å². The number of rotatable bonds is 3. The van der Waals surface area contributed by atoms with Crippen molar-refractivity contribution in [3.8, 4) is 0 Å². The monoisotopic (exact) mass is 216 g/mol. The molecule has 0 bridgehead atoms. The molecule has 14 heavy (non-hydrogen) atoms. The van der Waals surface area contributed by atoms with Gasteiger partial charge in [0.1, 0.15) is 0 Å². The van der Waals surface area contributed by atoms with E-state index in [1.54, 1.807) is 11.8 Å². The lowest BCUT2D eigenvalue weighted by Crippen LogP contribution is -2.37. The van der Waals surface area contributed by atoms with E-state index in [0.29, 0.717) is 11.8 Å². The summed E-state index contributed by atoms with van der Waals surface area (Å²) in [7, 11) is 0. The number of amides is 1. The zero-order chi connectivity index (χ0) is 10.6. The average molecular weight is 216 g/mol. The largest absolute Gasteiger partial charge is 0.351 e. The minimum absolute atomic E-state index is 0.165. The lowest BCUT2D eigenvalue weighted by Gasteiger charge is -2.18. The molecule has 0 aromatic heterocycles. The van der Waals surface area contributed by atoms with E-state index in [0.717, 1.165) is 19.5 Å². The van der Waals surface area contributed by atoms with E-state index in [1.165, 1.54) is 0 Å². The maximum absolute atomic E-state index is 11.5. The molecule has 0 spiro atoms. The summed E-state index contributed by atoms with van der Waals surface area (Å²) in [6, 6.07) is 0.350. The van der Waals surface area contributed by atoms with Crippen molar-refractivity contribution in [3.05, 3.63) is 0 Å². The molecule has 0 saturated carbocycles. The minimum atomic E-state index is 0.165. The summed E-state index contributed by atoms with van der Waals surface area (Å²) in [4.78, 5) is 11.5. The minimum Gasteiger partial charge on any atom is -0.351 e. The highest BCUT2D eigenvalue weighted by Crippen LogP contribution is 2.22. The Kier molecular flexibility index (Phi) is 4.26. The van der Waals surface area contributed by atoms with Gasteiger partial charge in [-0.3, -0.25) is 4.79 Å². The molecule has 2 N–H and O–H groups in total. The Morgan fingerprint density at radius 2 is 2.29 bits per heavy atom. The summed E-state index contributed by atoms with van der Waals surface area (Å²) >= 11 is 1.69. The average Bonchev–Trinajstić information content (AvgIpc) is 2.52. The molecule has 1 amide bonds. The molecule has 0 radical (unpaired) electrons. The molecular formula is C10H20N2OS. The van der Waals surface area contributed by atoms with Crippen LogP contribution in [0, 0.1) is 0 Å². The van der Waals surface area contributed by atoms with Crippen molar-refractivity contribution in [3.63, 3.8) is 0 Å². The quantitative estimate of drug-likeness (QED) is 0.739. The van der Waals surface area contributed by atoms with Crippen molar-refractivity contribution < 1.29 is 4.79 Å². The van der Waals surface area contributed by atoms with E-state index in [-0.39, 0.29) is 10.7 Å². The normalized spacial score (nSPS) is 22.4. The van der Waals surface area contributed by atoms with Crippen LogP contribution in [0.25, 0.3) is 0 Å². The van der Waals surface area contributed by atoms with Gasteiger partial charge in [-0.2, -0.15) is 0 Å². The van der Waals surface area contributed by atoms with Crippen molar-refractivity contribution in [2.24, 2.45) is 0 Å². The van der Waals surface area contributed by atoms with Gasteiger partial charge in [0.05, 0.1) is 5.75 Å². The first-order valence-electron chi connectivity index (χ1n) is 5.11. The Labute approximate surface area is 90.4 Å². The summed E-state index contributed by atoms with van der Waals surface area (Å²) < 4.78 is 0.172. The molecule has 3 nitrogen and oxygen atoms in total. The number of carbonyl (C=O) groups excluding carboxylic acids is 1. The first-order chi connectivity index (χ1) is 6.47. The first-order valence-corrected chi connectivity index (χ1v) is 6.10. The third kappa shape index (κ3) is 4.86. The van der Waals surface area contributed by atoms with Gasteiger partial charge in [-0.05, 0) is 13.0 Å². The second-order valence-electron chi connectivity index (χ2n) is 4.66. The third-order valence-electron chi connectivity index (χ3n) is 2.06. The van der Waals surface area contributed by atoms with E-state index in [4.69, 9.17) is 0 Å². The highest BCUT2D eigenvalue weighted by molar-refractivity contribution is 8.01. The highest BCUT2D eigenvalue weighted by Gasteiger charge is 2.18. The maximum atomic E-state index is 11.5. The second-order valence-corrected chi connectivity index (χ2v) is 6.46. The molecule has 1 saturated heterocycles. The molecule has 0 aromatic carbocycles. The van der Waals surface area contributed by atoms with Gasteiger partial charge in [-0.1, -0.05) is 20.8 Å². The van der Waals surface area contributed by atoms with Gasteiger partial charge in [0.15, 0.2) is 0 Å². The zero-order valence-corrected chi connectivity index (χ0v) is 10.0. The molecular weight excluding hydrogens is 196 g/mol. The van der Waals surface area contributed by atoms with Gasteiger partial charge in [0.2, 0.25) is 5.91 Å². The molecule has 1 atom stereocenters. The van der Waals surface area contributed by atoms with Gasteiger partial charge in [-0.25, -0.2) is 0 Å². The van der Waals surface area contributed by atoms with Crippen molar-refractivity contribution in [1.82, 2.24) is 10.6 Å². The van der Waals surface area contributed by atoms with Crippen molar-refractivity contribution in [1.29, 1.82) is 0 Å². The summed E-state index contributed by atoms with van der Waals surface area (Å²) in [5.41, 5.74) is 0. The molecule has 4 heteroatoms. The molecule has 1 fully saturated rings. The predicted octanol–water partition coefficient (Wildman–Crippen LogP) is 0.996. The molecule has 1 aliphatic heterocycles. The fraction of sp³-hybridized carbons (Fsp3) is 0.900. The Morgan fingerprint density at radius 3 is 2.79 bits per heavy atom. The number of carbonyl (C=O) groups is 1. The topological polar surface area (TPSA) is 41.1 Å². The van der Waals surface area contributed by atoms with Crippen LogP contribution >= 0.6 is 11.8 Å². The number of hydrogen-bond acceptors (Lipinski definition) is 3. The second kappa shape index (κ2) is 5.03. The number of hydrogen-bond donors (Lipinski definition) is 2. The standard InChI is InChI=1S/C10H20N2OS/c1-10(2,3)14-7-9(13)12-8-4-5-11-6-8/h8,11H,4-7H2,1-3H3,(H,12,13)/t8-/m1/s1.